The lowest BCUT2D eigenvalue weighted by Gasteiger charge is -2.09. The molecule has 0 aliphatic carbocycles. The van der Waals surface area contributed by atoms with Gasteiger partial charge in [-0.15, -0.1) is 0 Å². The molecule has 1 amide bonds. The molecular weight excluding hydrogens is 268 g/mol. The number of phenols is 1. The topological polar surface area (TPSA) is 70.6 Å². The molecule has 0 aliphatic rings. The van der Waals surface area contributed by atoms with Gasteiger partial charge in [-0.25, -0.2) is 0 Å². The van der Waals surface area contributed by atoms with E-state index in [0.717, 1.165) is 11.3 Å². The van der Waals surface area contributed by atoms with Gasteiger partial charge in [0, 0.05) is 25.0 Å². The van der Waals surface area contributed by atoms with Crippen LogP contribution in [0.5, 0.6) is 5.75 Å². The number of carbonyl (C=O) groups is 1. The maximum absolute atomic E-state index is 11.5. The summed E-state index contributed by atoms with van der Waals surface area (Å²) >= 11 is 0. The Morgan fingerprint density at radius 1 is 1.14 bits per heavy atom. The Kier molecular flexibility index (Phi) is 5.17. The van der Waals surface area contributed by atoms with Gasteiger partial charge >= 0.3 is 0 Å². The molecule has 2 aromatic rings. The standard InChI is InChI=1S/C16H18N2O3/c1-21-11-16(20)18-14-4-2-3-13(9-14)17-10-12-5-7-15(19)8-6-12/h2-9,17,19H,10-11H2,1H3,(H,18,20). The number of anilines is 2. The van der Waals surface area contributed by atoms with Crippen molar-refractivity contribution in [3.05, 3.63) is 54.1 Å². The van der Waals surface area contributed by atoms with Gasteiger partial charge in [0.25, 0.3) is 0 Å². The van der Waals surface area contributed by atoms with Gasteiger partial charge in [0.15, 0.2) is 0 Å². The van der Waals surface area contributed by atoms with Gasteiger partial charge in [0.1, 0.15) is 12.4 Å². The zero-order chi connectivity index (χ0) is 15.1. The van der Waals surface area contributed by atoms with Gasteiger partial charge in [0.2, 0.25) is 5.91 Å². The number of phenolic OH excluding ortho intramolecular Hbond substituents is 1. The van der Waals surface area contributed by atoms with E-state index in [1.165, 1.54) is 7.11 Å². The van der Waals surface area contributed by atoms with Crippen LogP contribution >= 0.6 is 0 Å². The number of hydrogen-bond donors (Lipinski definition) is 3. The second-order valence-electron chi connectivity index (χ2n) is 4.58. The number of aromatic hydroxyl groups is 1. The fraction of sp³-hybridized carbons (Fsp3) is 0.188. The zero-order valence-corrected chi connectivity index (χ0v) is 11.8. The van der Waals surface area contributed by atoms with Crippen LogP contribution in [0.25, 0.3) is 0 Å². The molecule has 0 unspecified atom stereocenters. The number of methoxy groups -OCH3 is 1. The van der Waals surface area contributed by atoms with E-state index in [1.54, 1.807) is 12.1 Å². The van der Waals surface area contributed by atoms with E-state index in [1.807, 2.05) is 36.4 Å². The summed E-state index contributed by atoms with van der Waals surface area (Å²) in [5, 5.41) is 15.2. The molecule has 5 nitrogen and oxygen atoms in total. The van der Waals surface area contributed by atoms with Crippen molar-refractivity contribution in [1.82, 2.24) is 0 Å². The van der Waals surface area contributed by atoms with E-state index in [4.69, 9.17) is 4.74 Å². The van der Waals surface area contributed by atoms with Crippen LogP contribution in [0.1, 0.15) is 5.56 Å². The lowest BCUT2D eigenvalue weighted by atomic mass is 10.2. The summed E-state index contributed by atoms with van der Waals surface area (Å²) in [6.07, 6.45) is 0. The van der Waals surface area contributed by atoms with Crippen LogP contribution in [0.15, 0.2) is 48.5 Å². The predicted octanol–water partition coefficient (Wildman–Crippen LogP) is 2.59. The number of carbonyl (C=O) groups excluding carboxylic acids is 1. The molecule has 0 saturated heterocycles. The molecule has 0 saturated carbocycles. The second-order valence-corrected chi connectivity index (χ2v) is 4.58. The predicted molar refractivity (Wildman–Crippen MR) is 82.4 cm³/mol. The SMILES string of the molecule is COCC(=O)Nc1cccc(NCc2ccc(O)cc2)c1. The normalized spacial score (nSPS) is 10.1. The molecule has 5 heteroatoms. The molecule has 0 spiro atoms. The summed E-state index contributed by atoms with van der Waals surface area (Å²) in [5.41, 5.74) is 2.67. The Morgan fingerprint density at radius 3 is 2.57 bits per heavy atom. The third kappa shape index (κ3) is 4.81. The van der Waals surface area contributed by atoms with Gasteiger partial charge in [-0.05, 0) is 35.9 Å². The largest absolute Gasteiger partial charge is 0.508 e. The zero-order valence-electron chi connectivity index (χ0n) is 11.8. The fourth-order valence-electron chi connectivity index (χ4n) is 1.85. The Bertz CT molecular complexity index is 597. The summed E-state index contributed by atoms with van der Waals surface area (Å²) in [7, 11) is 1.48. The average molecular weight is 286 g/mol. The molecule has 2 aromatic carbocycles. The van der Waals surface area contributed by atoms with Crippen molar-refractivity contribution in [1.29, 1.82) is 0 Å². The van der Waals surface area contributed by atoms with Gasteiger partial charge in [-0.2, -0.15) is 0 Å². The van der Waals surface area contributed by atoms with Crippen molar-refractivity contribution in [2.45, 2.75) is 6.54 Å². The Hall–Kier alpha value is -2.53. The van der Waals surface area contributed by atoms with E-state index in [-0.39, 0.29) is 18.3 Å². The number of nitrogens with one attached hydrogen (secondary N) is 2. The van der Waals surface area contributed by atoms with E-state index in [2.05, 4.69) is 10.6 Å². The smallest absolute Gasteiger partial charge is 0.250 e. The molecule has 3 N–H and O–H groups in total. The monoisotopic (exact) mass is 286 g/mol. The molecule has 0 heterocycles. The highest BCUT2D eigenvalue weighted by Gasteiger charge is 2.02. The average Bonchev–Trinajstić information content (AvgIpc) is 2.47. The molecule has 21 heavy (non-hydrogen) atoms. The van der Waals surface area contributed by atoms with Crippen LogP contribution < -0.4 is 10.6 Å². The third-order valence-corrected chi connectivity index (χ3v) is 2.85. The van der Waals surface area contributed by atoms with Crippen molar-refractivity contribution in [2.75, 3.05) is 24.4 Å². The van der Waals surface area contributed by atoms with E-state index in [0.29, 0.717) is 12.2 Å². The van der Waals surface area contributed by atoms with Crippen molar-refractivity contribution in [2.24, 2.45) is 0 Å². The molecule has 2 rings (SSSR count). The molecule has 0 aromatic heterocycles. The molecule has 0 atom stereocenters. The highest BCUT2D eigenvalue weighted by atomic mass is 16.5. The lowest BCUT2D eigenvalue weighted by molar-refractivity contribution is -0.119. The lowest BCUT2D eigenvalue weighted by Crippen LogP contribution is -2.17. The van der Waals surface area contributed by atoms with E-state index in [9.17, 15) is 9.90 Å². The van der Waals surface area contributed by atoms with Crippen molar-refractivity contribution in [3.63, 3.8) is 0 Å². The molecule has 0 radical (unpaired) electrons. The van der Waals surface area contributed by atoms with Crippen molar-refractivity contribution in [3.8, 4) is 5.75 Å². The van der Waals surface area contributed by atoms with Crippen LogP contribution in [-0.2, 0) is 16.1 Å². The summed E-state index contributed by atoms with van der Waals surface area (Å²) in [6.45, 7) is 0.668. The fourth-order valence-corrected chi connectivity index (χ4v) is 1.85. The van der Waals surface area contributed by atoms with Gasteiger partial charge < -0.3 is 20.5 Å². The molecule has 0 aliphatic heterocycles. The maximum Gasteiger partial charge on any atom is 0.250 e. The summed E-state index contributed by atoms with van der Waals surface area (Å²) < 4.78 is 4.77. The minimum atomic E-state index is -0.187. The van der Waals surface area contributed by atoms with Crippen molar-refractivity contribution < 1.29 is 14.6 Å². The Balaban J connectivity index is 1.94. The second kappa shape index (κ2) is 7.31. The molecule has 0 bridgehead atoms. The number of rotatable bonds is 6. The van der Waals surface area contributed by atoms with Crippen LogP contribution in [-0.4, -0.2) is 24.7 Å². The Labute approximate surface area is 123 Å². The summed E-state index contributed by atoms with van der Waals surface area (Å²) in [6, 6.07) is 14.5. The van der Waals surface area contributed by atoms with Gasteiger partial charge in [0.05, 0.1) is 0 Å². The third-order valence-electron chi connectivity index (χ3n) is 2.85. The van der Waals surface area contributed by atoms with Crippen LogP contribution in [0.2, 0.25) is 0 Å². The van der Waals surface area contributed by atoms with Crippen molar-refractivity contribution >= 4 is 17.3 Å². The first-order valence-corrected chi connectivity index (χ1v) is 6.58. The highest BCUT2D eigenvalue weighted by Crippen LogP contribution is 2.17. The number of ether oxygens (including phenoxy) is 1. The van der Waals surface area contributed by atoms with Crippen LogP contribution in [0.4, 0.5) is 11.4 Å². The molecule has 110 valence electrons. The first-order chi connectivity index (χ1) is 10.2. The number of amides is 1. The minimum absolute atomic E-state index is 0.0329. The Morgan fingerprint density at radius 2 is 1.86 bits per heavy atom. The highest BCUT2D eigenvalue weighted by molar-refractivity contribution is 5.92. The first-order valence-electron chi connectivity index (χ1n) is 6.58. The first kappa shape index (κ1) is 14.9. The number of hydrogen-bond acceptors (Lipinski definition) is 4. The minimum Gasteiger partial charge on any atom is -0.508 e. The van der Waals surface area contributed by atoms with E-state index >= 15 is 0 Å². The molecule has 0 fully saturated rings. The summed E-state index contributed by atoms with van der Waals surface area (Å²) in [5.74, 6) is 0.0646. The van der Waals surface area contributed by atoms with E-state index < -0.39 is 0 Å². The number of benzene rings is 2. The summed E-state index contributed by atoms with van der Waals surface area (Å²) in [4.78, 5) is 11.5. The van der Waals surface area contributed by atoms with Crippen LogP contribution in [0, 0.1) is 0 Å². The molecular formula is C16H18N2O3. The van der Waals surface area contributed by atoms with Gasteiger partial charge in [-0.1, -0.05) is 18.2 Å². The maximum atomic E-state index is 11.5. The van der Waals surface area contributed by atoms with Crippen LogP contribution in [0.3, 0.4) is 0 Å². The quantitative estimate of drug-likeness (QED) is 0.763. The van der Waals surface area contributed by atoms with Gasteiger partial charge in [-0.3, -0.25) is 4.79 Å².